The molecule has 0 aliphatic heterocycles. The first-order valence-electron chi connectivity index (χ1n) is 14.0. The van der Waals surface area contributed by atoms with Crippen LogP contribution in [0.2, 0.25) is 0 Å². The minimum atomic E-state index is -4.16. The van der Waals surface area contributed by atoms with Crippen molar-refractivity contribution in [2.45, 2.75) is 38.8 Å². The molecule has 0 aliphatic rings. The first kappa shape index (κ1) is 33.8. The van der Waals surface area contributed by atoms with Crippen molar-refractivity contribution in [1.82, 2.24) is 10.2 Å². The molecular formula is C31H38N4O8S. The van der Waals surface area contributed by atoms with Crippen LogP contribution in [0.15, 0.2) is 72.8 Å². The van der Waals surface area contributed by atoms with E-state index in [2.05, 4.69) is 5.32 Å². The Kier molecular flexibility index (Phi) is 12.1. The number of nitrogens with zero attached hydrogens (tertiary/aromatic N) is 3. The van der Waals surface area contributed by atoms with Crippen LogP contribution in [0, 0.1) is 10.1 Å². The van der Waals surface area contributed by atoms with Crippen molar-refractivity contribution in [3.63, 3.8) is 0 Å². The first-order chi connectivity index (χ1) is 21.0. The van der Waals surface area contributed by atoms with Crippen molar-refractivity contribution in [3.8, 4) is 11.5 Å². The fraction of sp³-hybridized carbons (Fsp3) is 0.355. The molecule has 0 bridgehead atoms. The van der Waals surface area contributed by atoms with Crippen molar-refractivity contribution in [2.24, 2.45) is 0 Å². The summed E-state index contributed by atoms with van der Waals surface area (Å²) >= 11 is 0. The van der Waals surface area contributed by atoms with Gasteiger partial charge in [-0.25, -0.2) is 8.42 Å². The van der Waals surface area contributed by atoms with Gasteiger partial charge in [0.15, 0.2) is 0 Å². The summed E-state index contributed by atoms with van der Waals surface area (Å²) in [7, 11) is -1.36. The van der Waals surface area contributed by atoms with Gasteiger partial charge in [-0.05, 0) is 35.7 Å². The zero-order valence-electron chi connectivity index (χ0n) is 25.3. The summed E-state index contributed by atoms with van der Waals surface area (Å²) in [6.07, 6.45) is 2.64. The fourth-order valence-electron chi connectivity index (χ4n) is 4.61. The van der Waals surface area contributed by atoms with Gasteiger partial charge in [-0.3, -0.25) is 24.0 Å². The minimum Gasteiger partial charge on any atom is -0.497 e. The maximum atomic E-state index is 14.3. The molecule has 0 unspecified atom stereocenters. The largest absolute Gasteiger partial charge is 0.497 e. The number of carbonyl (C=O) groups excluding carboxylic acids is 2. The number of nitro benzene ring substituents is 1. The molecule has 3 aromatic carbocycles. The minimum absolute atomic E-state index is 0.0197. The lowest BCUT2D eigenvalue weighted by molar-refractivity contribution is -0.384. The predicted molar refractivity (Wildman–Crippen MR) is 167 cm³/mol. The number of unbranched alkanes of at least 4 members (excludes halogenated alkanes) is 1. The van der Waals surface area contributed by atoms with Crippen molar-refractivity contribution < 1.29 is 32.4 Å². The molecule has 13 heteroatoms. The van der Waals surface area contributed by atoms with E-state index in [9.17, 15) is 28.1 Å². The van der Waals surface area contributed by atoms with Crippen molar-refractivity contribution >= 4 is 33.2 Å². The van der Waals surface area contributed by atoms with Crippen LogP contribution in [0.4, 0.5) is 11.4 Å². The molecule has 0 fully saturated rings. The smallest absolute Gasteiger partial charge is 0.271 e. The van der Waals surface area contributed by atoms with E-state index in [1.165, 1.54) is 31.3 Å². The zero-order valence-corrected chi connectivity index (χ0v) is 26.1. The number of non-ortho nitro benzene ring substituents is 1. The van der Waals surface area contributed by atoms with Crippen LogP contribution in [0.5, 0.6) is 11.5 Å². The molecule has 0 spiro atoms. The van der Waals surface area contributed by atoms with E-state index in [-0.39, 0.29) is 30.1 Å². The Balaban J connectivity index is 2.12. The fourth-order valence-corrected chi connectivity index (χ4v) is 5.45. The van der Waals surface area contributed by atoms with Crippen LogP contribution >= 0.6 is 0 Å². The number of amides is 2. The molecule has 3 aromatic rings. The molecule has 3 rings (SSSR count). The summed E-state index contributed by atoms with van der Waals surface area (Å²) in [4.78, 5) is 40.1. The van der Waals surface area contributed by atoms with Gasteiger partial charge in [0.1, 0.15) is 29.8 Å². The van der Waals surface area contributed by atoms with Gasteiger partial charge in [-0.2, -0.15) is 0 Å². The SMILES string of the molecule is CCCCNC(=O)[C@@H](Cc1ccccc1)N(Cc1cccc(OC)c1)C(=O)CN(c1cc([N+](=O)[O-])ccc1OC)S(C)(=O)=O. The quantitative estimate of drug-likeness (QED) is 0.143. The molecule has 2 amide bonds. The van der Waals surface area contributed by atoms with Crippen LogP contribution in [0.3, 0.4) is 0 Å². The Morgan fingerprint density at radius 2 is 1.68 bits per heavy atom. The van der Waals surface area contributed by atoms with E-state index in [0.29, 0.717) is 17.9 Å². The molecule has 1 N–H and O–H groups in total. The molecule has 236 valence electrons. The number of anilines is 1. The highest BCUT2D eigenvalue weighted by Gasteiger charge is 2.34. The molecule has 0 saturated carbocycles. The van der Waals surface area contributed by atoms with E-state index in [1.54, 1.807) is 24.3 Å². The molecule has 0 radical (unpaired) electrons. The lowest BCUT2D eigenvalue weighted by atomic mass is 10.0. The van der Waals surface area contributed by atoms with Gasteiger partial charge in [-0.1, -0.05) is 55.8 Å². The van der Waals surface area contributed by atoms with Crippen LogP contribution in [-0.4, -0.2) is 69.7 Å². The third-order valence-electron chi connectivity index (χ3n) is 6.91. The summed E-state index contributed by atoms with van der Waals surface area (Å²) in [5.74, 6) is -0.525. The number of nitro groups is 1. The lowest BCUT2D eigenvalue weighted by Gasteiger charge is -2.33. The topological polar surface area (TPSA) is 148 Å². The van der Waals surface area contributed by atoms with Crippen molar-refractivity contribution in [1.29, 1.82) is 0 Å². The third-order valence-corrected chi connectivity index (χ3v) is 8.04. The molecule has 44 heavy (non-hydrogen) atoms. The van der Waals surface area contributed by atoms with E-state index in [0.717, 1.165) is 35.0 Å². The first-order valence-corrected chi connectivity index (χ1v) is 15.9. The van der Waals surface area contributed by atoms with E-state index < -0.39 is 39.3 Å². The lowest BCUT2D eigenvalue weighted by Crippen LogP contribution is -2.53. The zero-order chi connectivity index (χ0) is 32.3. The van der Waals surface area contributed by atoms with Gasteiger partial charge < -0.3 is 19.7 Å². The van der Waals surface area contributed by atoms with Crippen molar-refractivity contribution in [2.75, 3.05) is 37.9 Å². The Hall–Kier alpha value is -4.65. The number of carbonyl (C=O) groups is 2. The van der Waals surface area contributed by atoms with Crippen LogP contribution in [0.1, 0.15) is 30.9 Å². The molecule has 0 saturated heterocycles. The van der Waals surface area contributed by atoms with Crippen molar-refractivity contribution in [3.05, 3.63) is 94.0 Å². The number of sulfonamides is 1. The Labute approximate surface area is 257 Å². The average Bonchev–Trinajstić information content (AvgIpc) is 3.01. The van der Waals surface area contributed by atoms with Crippen LogP contribution in [0.25, 0.3) is 0 Å². The summed E-state index contributed by atoms with van der Waals surface area (Å²) in [5, 5.41) is 14.4. The standard InChI is InChI=1S/C31H38N4O8S/c1-5-6-17-32-31(37)28(19-23-11-8-7-9-12-23)33(21-24-13-10-14-26(18-24)42-2)30(36)22-34(44(4,40)41)27-20-25(35(38)39)15-16-29(27)43-3/h7-16,18,20,28H,5-6,17,19,21-22H2,1-4H3,(H,32,37)/t28-/m1/s1. The normalized spacial score (nSPS) is 11.7. The molecular weight excluding hydrogens is 588 g/mol. The molecule has 12 nitrogen and oxygen atoms in total. The van der Waals surface area contributed by atoms with Crippen LogP contribution < -0.4 is 19.1 Å². The predicted octanol–water partition coefficient (Wildman–Crippen LogP) is 3.93. The summed E-state index contributed by atoms with van der Waals surface area (Å²) in [6.45, 7) is 1.61. The maximum Gasteiger partial charge on any atom is 0.271 e. The molecule has 1 atom stereocenters. The second-order valence-electron chi connectivity index (χ2n) is 10.1. The Morgan fingerprint density at radius 1 is 0.977 bits per heavy atom. The Bertz CT molecular complexity index is 1550. The van der Waals surface area contributed by atoms with Crippen LogP contribution in [-0.2, 0) is 32.6 Å². The number of rotatable bonds is 16. The molecule has 0 aromatic heterocycles. The maximum absolute atomic E-state index is 14.3. The monoisotopic (exact) mass is 626 g/mol. The summed E-state index contributed by atoms with van der Waals surface area (Å²) < 4.78 is 37.6. The van der Waals surface area contributed by atoms with Gasteiger partial charge >= 0.3 is 0 Å². The van der Waals surface area contributed by atoms with E-state index >= 15 is 0 Å². The number of benzene rings is 3. The number of nitrogens with one attached hydrogen (secondary N) is 1. The van der Waals surface area contributed by atoms with E-state index in [1.807, 2.05) is 37.3 Å². The Morgan fingerprint density at radius 3 is 2.30 bits per heavy atom. The second-order valence-corrected chi connectivity index (χ2v) is 12.0. The molecule has 0 aliphatic carbocycles. The number of hydrogen-bond donors (Lipinski definition) is 1. The highest BCUT2D eigenvalue weighted by Crippen LogP contribution is 2.34. The highest BCUT2D eigenvalue weighted by molar-refractivity contribution is 7.92. The van der Waals surface area contributed by atoms with Gasteiger partial charge in [0.25, 0.3) is 5.69 Å². The number of hydrogen-bond acceptors (Lipinski definition) is 8. The summed E-state index contributed by atoms with van der Waals surface area (Å²) in [6, 6.07) is 18.7. The van der Waals surface area contributed by atoms with Gasteiger partial charge in [0.05, 0.1) is 25.4 Å². The van der Waals surface area contributed by atoms with Gasteiger partial charge in [-0.15, -0.1) is 0 Å². The van der Waals surface area contributed by atoms with Gasteiger partial charge in [0.2, 0.25) is 21.8 Å². The van der Waals surface area contributed by atoms with E-state index in [4.69, 9.17) is 9.47 Å². The van der Waals surface area contributed by atoms with Gasteiger partial charge in [0, 0.05) is 31.6 Å². The highest BCUT2D eigenvalue weighted by atomic mass is 32.2. The second kappa shape index (κ2) is 15.7. The molecule has 0 heterocycles. The average molecular weight is 627 g/mol. The third kappa shape index (κ3) is 9.17. The number of ether oxygens (including phenoxy) is 2. The number of methoxy groups -OCH3 is 2. The summed E-state index contributed by atoms with van der Waals surface area (Å²) in [5.41, 5.74) is 0.890.